The van der Waals surface area contributed by atoms with E-state index in [0.717, 1.165) is 43.9 Å². The zero-order valence-corrected chi connectivity index (χ0v) is 12.6. The molecule has 1 aromatic rings. The normalized spacial score (nSPS) is 21.5. The van der Waals surface area contributed by atoms with E-state index < -0.39 is 11.6 Å². The fourth-order valence-corrected chi connectivity index (χ4v) is 2.55. The van der Waals surface area contributed by atoms with Crippen molar-refractivity contribution in [2.75, 3.05) is 0 Å². The van der Waals surface area contributed by atoms with Gasteiger partial charge >= 0.3 is 0 Å². The number of carbonyl (C=O) groups is 1. The van der Waals surface area contributed by atoms with E-state index in [1.54, 1.807) is 0 Å². The molecule has 3 N–H and O–H groups in total. The molecule has 3 nitrogen and oxygen atoms in total. The number of nitrogens with one attached hydrogen (secondary N) is 1. The fraction of sp³-hybridized carbons (Fsp3) is 0.533. The molecular formula is C15H21ClF2N2O. The van der Waals surface area contributed by atoms with E-state index in [-0.39, 0.29) is 48.8 Å². The predicted octanol–water partition coefficient (Wildman–Crippen LogP) is 2.71. The smallest absolute Gasteiger partial charge is 0.220 e. The number of nitrogens with two attached hydrogens (primary N) is 1. The van der Waals surface area contributed by atoms with E-state index in [2.05, 4.69) is 5.32 Å². The number of hydrogen-bond acceptors (Lipinski definition) is 2. The maximum absolute atomic E-state index is 13.4. The summed E-state index contributed by atoms with van der Waals surface area (Å²) >= 11 is 0. The first kappa shape index (κ1) is 17.9. The van der Waals surface area contributed by atoms with E-state index in [1.165, 1.54) is 0 Å². The van der Waals surface area contributed by atoms with Gasteiger partial charge in [-0.2, -0.15) is 0 Å². The minimum absolute atomic E-state index is 0. The molecule has 2 rings (SSSR count). The van der Waals surface area contributed by atoms with Gasteiger partial charge in [-0.25, -0.2) is 8.78 Å². The molecular weight excluding hydrogens is 298 g/mol. The van der Waals surface area contributed by atoms with Gasteiger partial charge in [0.2, 0.25) is 5.91 Å². The van der Waals surface area contributed by atoms with E-state index in [4.69, 9.17) is 5.73 Å². The van der Waals surface area contributed by atoms with Crippen molar-refractivity contribution in [2.24, 2.45) is 5.73 Å². The number of aryl methyl sites for hydroxylation is 1. The van der Waals surface area contributed by atoms with Crippen LogP contribution in [0.5, 0.6) is 0 Å². The molecule has 6 heteroatoms. The third kappa shape index (κ3) is 5.59. The van der Waals surface area contributed by atoms with Crippen molar-refractivity contribution in [2.45, 2.75) is 50.6 Å². The van der Waals surface area contributed by atoms with Crippen molar-refractivity contribution in [3.05, 3.63) is 35.4 Å². The summed E-state index contributed by atoms with van der Waals surface area (Å²) in [5.41, 5.74) is 6.04. The third-order valence-corrected chi connectivity index (χ3v) is 3.77. The largest absolute Gasteiger partial charge is 0.353 e. The van der Waals surface area contributed by atoms with Crippen molar-refractivity contribution >= 4 is 18.3 Å². The molecule has 1 aromatic carbocycles. The zero-order valence-electron chi connectivity index (χ0n) is 11.8. The maximum Gasteiger partial charge on any atom is 0.220 e. The average molecular weight is 319 g/mol. The second kappa shape index (κ2) is 8.29. The van der Waals surface area contributed by atoms with Crippen LogP contribution in [0.2, 0.25) is 0 Å². The van der Waals surface area contributed by atoms with E-state index in [0.29, 0.717) is 0 Å². The fourth-order valence-electron chi connectivity index (χ4n) is 2.55. The molecule has 0 aromatic heterocycles. The summed E-state index contributed by atoms with van der Waals surface area (Å²) in [6.45, 7) is 0. The summed E-state index contributed by atoms with van der Waals surface area (Å²) in [5.74, 6) is -1.07. The van der Waals surface area contributed by atoms with Crippen LogP contribution in [0.15, 0.2) is 18.2 Å². The Balaban J connectivity index is 0.00000220. The van der Waals surface area contributed by atoms with Crippen LogP contribution < -0.4 is 11.1 Å². The highest BCUT2D eigenvalue weighted by molar-refractivity contribution is 5.85. The second-order valence-electron chi connectivity index (χ2n) is 5.41. The SMILES string of the molecule is Cl.NC1CCC(NC(=O)CCc2cc(F)ccc2F)CC1. The van der Waals surface area contributed by atoms with Crippen LogP contribution in [-0.2, 0) is 11.2 Å². The van der Waals surface area contributed by atoms with Crippen molar-refractivity contribution in [3.63, 3.8) is 0 Å². The lowest BCUT2D eigenvalue weighted by Gasteiger charge is -2.26. The molecule has 1 aliphatic rings. The van der Waals surface area contributed by atoms with E-state index in [1.807, 2.05) is 0 Å². The van der Waals surface area contributed by atoms with Gasteiger partial charge in [-0.05, 0) is 55.9 Å². The quantitative estimate of drug-likeness (QED) is 0.897. The Morgan fingerprint density at radius 2 is 1.90 bits per heavy atom. The molecule has 118 valence electrons. The molecule has 0 heterocycles. The molecule has 0 aliphatic heterocycles. The van der Waals surface area contributed by atoms with Gasteiger partial charge in [-0.3, -0.25) is 4.79 Å². The number of benzene rings is 1. The first-order valence-electron chi connectivity index (χ1n) is 7.03. The topological polar surface area (TPSA) is 55.1 Å². The molecule has 0 atom stereocenters. The van der Waals surface area contributed by atoms with Crippen molar-refractivity contribution in [3.8, 4) is 0 Å². The van der Waals surface area contributed by atoms with Gasteiger partial charge in [-0.15, -0.1) is 12.4 Å². The molecule has 0 unspecified atom stereocenters. The highest BCUT2D eigenvalue weighted by atomic mass is 35.5. The highest BCUT2D eigenvalue weighted by Crippen LogP contribution is 2.17. The molecule has 0 saturated heterocycles. The Morgan fingerprint density at radius 1 is 1.24 bits per heavy atom. The van der Waals surface area contributed by atoms with Crippen LogP contribution in [-0.4, -0.2) is 18.0 Å². The van der Waals surface area contributed by atoms with Gasteiger partial charge in [0.15, 0.2) is 0 Å². The molecule has 1 fully saturated rings. The minimum Gasteiger partial charge on any atom is -0.353 e. The van der Waals surface area contributed by atoms with Crippen molar-refractivity contribution in [1.29, 1.82) is 0 Å². The summed E-state index contributed by atoms with van der Waals surface area (Å²) in [4.78, 5) is 11.8. The standard InChI is InChI=1S/C15H20F2N2O.ClH/c16-11-2-7-14(17)10(9-11)1-8-15(20)19-13-5-3-12(18)4-6-13;/h2,7,9,12-13H,1,3-6,8,18H2,(H,19,20);1H. The Labute approximate surface area is 129 Å². The zero-order chi connectivity index (χ0) is 14.5. The van der Waals surface area contributed by atoms with Crippen LogP contribution in [0.4, 0.5) is 8.78 Å². The van der Waals surface area contributed by atoms with Gasteiger partial charge < -0.3 is 11.1 Å². The van der Waals surface area contributed by atoms with Gasteiger partial charge in [0.05, 0.1) is 0 Å². The van der Waals surface area contributed by atoms with Gasteiger partial charge in [0.1, 0.15) is 11.6 Å². The molecule has 0 bridgehead atoms. The lowest BCUT2D eigenvalue weighted by atomic mass is 9.91. The summed E-state index contributed by atoms with van der Waals surface area (Å²) in [6, 6.07) is 3.71. The first-order chi connectivity index (χ1) is 9.54. The first-order valence-corrected chi connectivity index (χ1v) is 7.03. The van der Waals surface area contributed by atoms with Crippen LogP contribution in [0.1, 0.15) is 37.7 Å². The summed E-state index contributed by atoms with van der Waals surface area (Å²) in [5, 5.41) is 2.93. The number of halogens is 3. The molecule has 0 radical (unpaired) electrons. The average Bonchev–Trinajstić information content (AvgIpc) is 2.42. The monoisotopic (exact) mass is 318 g/mol. The lowest BCUT2D eigenvalue weighted by Crippen LogP contribution is -2.40. The van der Waals surface area contributed by atoms with E-state index >= 15 is 0 Å². The Hall–Kier alpha value is -1.20. The van der Waals surface area contributed by atoms with Gasteiger partial charge in [0, 0.05) is 18.5 Å². The Bertz CT molecular complexity index is 477. The predicted molar refractivity (Wildman–Crippen MR) is 80.3 cm³/mol. The van der Waals surface area contributed by atoms with Gasteiger partial charge in [-0.1, -0.05) is 0 Å². The summed E-state index contributed by atoms with van der Waals surface area (Å²) < 4.78 is 26.4. The Morgan fingerprint density at radius 3 is 2.57 bits per heavy atom. The minimum atomic E-state index is -0.483. The van der Waals surface area contributed by atoms with Crippen LogP contribution in [0.25, 0.3) is 0 Å². The number of hydrogen-bond donors (Lipinski definition) is 2. The van der Waals surface area contributed by atoms with Crippen LogP contribution >= 0.6 is 12.4 Å². The maximum atomic E-state index is 13.4. The molecule has 21 heavy (non-hydrogen) atoms. The molecule has 0 spiro atoms. The molecule has 1 saturated carbocycles. The summed E-state index contributed by atoms with van der Waals surface area (Å²) in [6.07, 6.45) is 4.00. The number of carbonyl (C=O) groups excluding carboxylic acids is 1. The summed E-state index contributed by atoms with van der Waals surface area (Å²) in [7, 11) is 0. The van der Waals surface area contributed by atoms with Crippen LogP contribution in [0.3, 0.4) is 0 Å². The lowest BCUT2D eigenvalue weighted by molar-refractivity contribution is -0.122. The number of amides is 1. The Kier molecular flexibility index (Phi) is 7.05. The number of rotatable bonds is 4. The third-order valence-electron chi connectivity index (χ3n) is 3.77. The van der Waals surface area contributed by atoms with Crippen LogP contribution in [0, 0.1) is 11.6 Å². The van der Waals surface area contributed by atoms with Crippen molar-refractivity contribution in [1.82, 2.24) is 5.32 Å². The molecule has 1 aliphatic carbocycles. The second-order valence-corrected chi connectivity index (χ2v) is 5.41. The van der Waals surface area contributed by atoms with E-state index in [9.17, 15) is 13.6 Å². The van der Waals surface area contributed by atoms with Crippen molar-refractivity contribution < 1.29 is 13.6 Å². The van der Waals surface area contributed by atoms with Gasteiger partial charge in [0.25, 0.3) is 0 Å². The highest BCUT2D eigenvalue weighted by Gasteiger charge is 2.19. The molecule has 1 amide bonds.